The SMILES string of the molecule is NC(=NC1CCCC1)N=C(N)N1CCCC1. The van der Waals surface area contributed by atoms with E-state index in [1.807, 2.05) is 0 Å². The molecule has 5 nitrogen and oxygen atoms in total. The fourth-order valence-corrected chi connectivity index (χ4v) is 2.38. The van der Waals surface area contributed by atoms with Gasteiger partial charge in [-0.05, 0) is 25.7 Å². The van der Waals surface area contributed by atoms with Crippen molar-refractivity contribution in [1.82, 2.24) is 4.90 Å². The van der Waals surface area contributed by atoms with Crippen LogP contribution in [0.15, 0.2) is 9.98 Å². The van der Waals surface area contributed by atoms with Crippen molar-refractivity contribution in [2.24, 2.45) is 21.5 Å². The number of nitrogens with zero attached hydrogens (tertiary/aromatic N) is 3. The second-order valence-corrected chi connectivity index (χ2v) is 4.59. The van der Waals surface area contributed by atoms with E-state index < -0.39 is 0 Å². The maximum Gasteiger partial charge on any atom is 0.218 e. The van der Waals surface area contributed by atoms with E-state index in [-0.39, 0.29) is 0 Å². The topological polar surface area (TPSA) is 80.0 Å². The maximum absolute atomic E-state index is 5.87. The molecule has 2 rings (SSSR count). The van der Waals surface area contributed by atoms with Crippen LogP contribution in [0.25, 0.3) is 0 Å². The minimum absolute atomic E-state index is 0.344. The standard InChI is InChI=1S/C11H21N5/c12-10(14-9-5-1-2-6-9)15-11(13)16-7-3-4-8-16/h9H,1-8H2,(H4,12,13,14,15). The summed E-state index contributed by atoms with van der Waals surface area (Å²) in [4.78, 5) is 10.6. The van der Waals surface area contributed by atoms with E-state index in [0.29, 0.717) is 18.0 Å². The zero-order valence-corrected chi connectivity index (χ0v) is 9.73. The molecule has 0 amide bonds. The van der Waals surface area contributed by atoms with Crippen LogP contribution in [0.5, 0.6) is 0 Å². The van der Waals surface area contributed by atoms with E-state index in [1.54, 1.807) is 0 Å². The first-order valence-corrected chi connectivity index (χ1v) is 6.18. The summed E-state index contributed by atoms with van der Waals surface area (Å²) in [6.07, 6.45) is 7.17. The molecule has 1 aliphatic heterocycles. The van der Waals surface area contributed by atoms with Gasteiger partial charge in [0.2, 0.25) is 5.96 Å². The van der Waals surface area contributed by atoms with E-state index in [9.17, 15) is 0 Å². The van der Waals surface area contributed by atoms with Crippen LogP contribution in [0, 0.1) is 0 Å². The van der Waals surface area contributed by atoms with Gasteiger partial charge in [-0.2, -0.15) is 4.99 Å². The van der Waals surface area contributed by atoms with Crippen LogP contribution in [0.3, 0.4) is 0 Å². The highest BCUT2D eigenvalue weighted by molar-refractivity contribution is 5.93. The summed E-state index contributed by atoms with van der Waals surface area (Å²) in [6, 6.07) is 0.370. The Hall–Kier alpha value is -1.26. The van der Waals surface area contributed by atoms with Crippen molar-refractivity contribution in [1.29, 1.82) is 0 Å². The molecule has 1 saturated carbocycles. The number of hydrogen-bond acceptors (Lipinski definition) is 1. The Labute approximate surface area is 96.6 Å². The number of likely N-dealkylation sites (tertiary alicyclic amines) is 1. The van der Waals surface area contributed by atoms with Crippen molar-refractivity contribution < 1.29 is 0 Å². The van der Waals surface area contributed by atoms with Crippen molar-refractivity contribution in [2.45, 2.75) is 44.6 Å². The molecule has 0 spiro atoms. The lowest BCUT2D eigenvalue weighted by molar-refractivity contribution is 0.514. The maximum atomic E-state index is 5.87. The number of rotatable bonds is 1. The Morgan fingerprint density at radius 2 is 1.62 bits per heavy atom. The molecular formula is C11H21N5. The Balaban J connectivity index is 1.92. The smallest absolute Gasteiger partial charge is 0.218 e. The molecule has 0 aromatic heterocycles. The highest BCUT2D eigenvalue weighted by Crippen LogP contribution is 2.20. The third kappa shape index (κ3) is 2.87. The highest BCUT2D eigenvalue weighted by atomic mass is 15.3. The zero-order valence-electron chi connectivity index (χ0n) is 9.73. The average Bonchev–Trinajstić information content (AvgIpc) is 2.88. The molecule has 1 heterocycles. The average molecular weight is 223 g/mol. The van der Waals surface area contributed by atoms with Gasteiger partial charge >= 0.3 is 0 Å². The van der Waals surface area contributed by atoms with E-state index in [1.165, 1.54) is 25.7 Å². The van der Waals surface area contributed by atoms with Gasteiger partial charge < -0.3 is 16.4 Å². The minimum Gasteiger partial charge on any atom is -0.369 e. The van der Waals surface area contributed by atoms with Crippen molar-refractivity contribution in [3.63, 3.8) is 0 Å². The van der Waals surface area contributed by atoms with Crippen molar-refractivity contribution in [3.8, 4) is 0 Å². The Bertz CT molecular complexity index is 285. The molecule has 0 atom stereocenters. The first-order valence-electron chi connectivity index (χ1n) is 6.18. The largest absolute Gasteiger partial charge is 0.369 e. The lowest BCUT2D eigenvalue weighted by atomic mass is 10.3. The molecule has 90 valence electrons. The molecule has 0 aromatic rings. The van der Waals surface area contributed by atoms with Gasteiger partial charge in [-0.3, -0.25) is 0 Å². The first-order chi connectivity index (χ1) is 7.75. The molecule has 1 saturated heterocycles. The van der Waals surface area contributed by atoms with E-state index in [4.69, 9.17) is 11.5 Å². The molecule has 5 heteroatoms. The predicted molar refractivity (Wildman–Crippen MR) is 66.3 cm³/mol. The van der Waals surface area contributed by atoms with Crippen molar-refractivity contribution >= 4 is 11.9 Å². The second kappa shape index (κ2) is 5.18. The summed E-state index contributed by atoms with van der Waals surface area (Å²) in [5.41, 5.74) is 11.6. The van der Waals surface area contributed by atoms with Gasteiger partial charge in [0.25, 0.3) is 0 Å². The Kier molecular flexibility index (Phi) is 3.64. The number of guanidine groups is 2. The van der Waals surface area contributed by atoms with Crippen LogP contribution >= 0.6 is 0 Å². The first kappa shape index (κ1) is 11.2. The van der Waals surface area contributed by atoms with Gasteiger partial charge in [0.15, 0.2) is 5.96 Å². The molecule has 0 radical (unpaired) electrons. The van der Waals surface area contributed by atoms with E-state index >= 15 is 0 Å². The fourth-order valence-electron chi connectivity index (χ4n) is 2.38. The van der Waals surface area contributed by atoms with Crippen LogP contribution in [0.1, 0.15) is 38.5 Å². The lowest BCUT2D eigenvalue weighted by Crippen LogP contribution is -2.36. The number of nitrogens with two attached hydrogens (primary N) is 2. The van der Waals surface area contributed by atoms with Gasteiger partial charge in [0, 0.05) is 13.1 Å². The van der Waals surface area contributed by atoms with E-state index in [2.05, 4.69) is 14.9 Å². The summed E-state index contributed by atoms with van der Waals surface area (Å²) in [6.45, 7) is 1.98. The van der Waals surface area contributed by atoms with Gasteiger partial charge in [0.05, 0.1) is 6.04 Å². The predicted octanol–water partition coefficient (Wildman–Crippen LogP) is 0.654. The molecule has 4 N–H and O–H groups in total. The van der Waals surface area contributed by atoms with Crippen molar-refractivity contribution in [3.05, 3.63) is 0 Å². The quantitative estimate of drug-likeness (QED) is 0.506. The van der Waals surface area contributed by atoms with Gasteiger partial charge in [0.1, 0.15) is 0 Å². The Morgan fingerprint density at radius 1 is 1.00 bits per heavy atom. The van der Waals surface area contributed by atoms with Crippen LogP contribution < -0.4 is 11.5 Å². The minimum atomic E-state index is 0.344. The fraction of sp³-hybridized carbons (Fsp3) is 0.818. The van der Waals surface area contributed by atoms with Crippen molar-refractivity contribution in [2.75, 3.05) is 13.1 Å². The molecule has 1 aliphatic carbocycles. The summed E-state index contributed by atoms with van der Waals surface area (Å²) in [7, 11) is 0. The molecule has 16 heavy (non-hydrogen) atoms. The third-order valence-electron chi connectivity index (χ3n) is 3.30. The Morgan fingerprint density at radius 3 is 2.25 bits per heavy atom. The second-order valence-electron chi connectivity index (χ2n) is 4.59. The monoisotopic (exact) mass is 223 g/mol. The molecule has 2 aliphatic rings. The lowest BCUT2D eigenvalue weighted by Gasteiger charge is -2.15. The molecule has 0 aromatic carbocycles. The van der Waals surface area contributed by atoms with Crippen LogP contribution in [-0.4, -0.2) is 36.0 Å². The van der Waals surface area contributed by atoms with Gasteiger partial charge in [-0.25, -0.2) is 4.99 Å². The molecule has 2 fully saturated rings. The van der Waals surface area contributed by atoms with Gasteiger partial charge in [-0.1, -0.05) is 12.8 Å². The summed E-state index contributed by atoms with van der Waals surface area (Å²) < 4.78 is 0. The van der Waals surface area contributed by atoms with Crippen LogP contribution in [0.2, 0.25) is 0 Å². The highest BCUT2D eigenvalue weighted by Gasteiger charge is 2.15. The summed E-state index contributed by atoms with van der Waals surface area (Å²) in [5, 5.41) is 0. The molecule has 0 bridgehead atoms. The van der Waals surface area contributed by atoms with Crippen LogP contribution in [-0.2, 0) is 0 Å². The van der Waals surface area contributed by atoms with Gasteiger partial charge in [-0.15, -0.1) is 0 Å². The zero-order chi connectivity index (χ0) is 11.4. The number of hydrogen-bond donors (Lipinski definition) is 2. The van der Waals surface area contributed by atoms with E-state index in [0.717, 1.165) is 25.9 Å². The summed E-state index contributed by atoms with van der Waals surface area (Å²) >= 11 is 0. The summed E-state index contributed by atoms with van der Waals surface area (Å²) in [5.74, 6) is 0.869. The molecule has 0 unspecified atom stereocenters. The third-order valence-corrected chi connectivity index (χ3v) is 3.30. The molecular weight excluding hydrogens is 202 g/mol. The normalized spacial score (nSPS) is 24.4. The number of aliphatic imine (C=N–C) groups is 2. The van der Waals surface area contributed by atoms with Crippen LogP contribution in [0.4, 0.5) is 0 Å².